The molecule has 1 heterocycles. The minimum absolute atomic E-state index is 0.127. The molecule has 1 fully saturated rings. The van der Waals surface area contributed by atoms with Gasteiger partial charge in [-0.25, -0.2) is 4.79 Å². The van der Waals surface area contributed by atoms with Crippen LogP contribution in [0.4, 0.5) is 4.79 Å². The van der Waals surface area contributed by atoms with Gasteiger partial charge in [-0.1, -0.05) is 18.2 Å². The van der Waals surface area contributed by atoms with Crippen LogP contribution in [0.3, 0.4) is 0 Å². The molecule has 1 aromatic heterocycles. The van der Waals surface area contributed by atoms with Crippen LogP contribution in [-0.4, -0.2) is 29.0 Å². The van der Waals surface area contributed by atoms with Gasteiger partial charge in [-0.3, -0.25) is 4.79 Å². The molecule has 1 aliphatic carbocycles. The molecular formula is C17H22N4O2. The molecule has 0 spiro atoms. The summed E-state index contributed by atoms with van der Waals surface area (Å²) in [5.74, 6) is 0.370. The van der Waals surface area contributed by atoms with E-state index in [2.05, 4.69) is 15.6 Å². The smallest absolute Gasteiger partial charge is 0.312 e. The summed E-state index contributed by atoms with van der Waals surface area (Å²) >= 11 is 0. The van der Waals surface area contributed by atoms with Crippen LogP contribution in [-0.2, 0) is 11.2 Å². The van der Waals surface area contributed by atoms with E-state index in [1.165, 1.54) is 0 Å². The van der Waals surface area contributed by atoms with Crippen molar-refractivity contribution in [1.29, 1.82) is 0 Å². The lowest BCUT2D eigenvalue weighted by Crippen LogP contribution is -2.51. The van der Waals surface area contributed by atoms with E-state index in [-0.39, 0.29) is 11.9 Å². The molecule has 0 unspecified atom stereocenters. The zero-order chi connectivity index (χ0) is 16.4. The molecule has 1 aromatic carbocycles. The maximum Gasteiger partial charge on any atom is 0.312 e. The number of fused-ring (bicyclic) bond motifs is 1. The molecule has 1 aliphatic rings. The fourth-order valence-corrected chi connectivity index (χ4v) is 2.94. The molecule has 0 radical (unpaired) electrons. The SMILES string of the molecule is C[C@@H](NC(=O)[C@H](Cc1c[nH]c2ccccc12)NC(N)=O)C1CC1. The number of aromatic nitrogens is 1. The number of aromatic amines is 1. The van der Waals surface area contributed by atoms with Gasteiger partial charge in [-0.05, 0) is 37.3 Å². The molecule has 2 aromatic rings. The first-order valence-electron chi connectivity index (χ1n) is 7.96. The Hall–Kier alpha value is -2.50. The molecule has 3 rings (SSSR count). The van der Waals surface area contributed by atoms with E-state index in [1.54, 1.807) is 0 Å². The summed E-state index contributed by atoms with van der Waals surface area (Å²) in [6, 6.07) is 6.63. The number of benzene rings is 1. The van der Waals surface area contributed by atoms with Crippen molar-refractivity contribution in [3.8, 4) is 0 Å². The molecule has 23 heavy (non-hydrogen) atoms. The zero-order valence-electron chi connectivity index (χ0n) is 13.1. The van der Waals surface area contributed by atoms with Crippen LogP contribution in [0.15, 0.2) is 30.5 Å². The van der Waals surface area contributed by atoms with Crippen molar-refractivity contribution in [3.63, 3.8) is 0 Å². The fourth-order valence-electron chi connectivity index (χ4n) is 2.94. The number of amides is 3. The number of nitrogens with two attached hydrogens (primary N) is 1. The van der Waals surface area contributed by atoms with Crippen molar-refractivity contribution in [1.82, 2.24) is 15.6 Å². The first-order valence-corrected chi connectivity index (χ1v) is 7.96. The monoisotopic (exact) mass is 314 g/mol. The van der Waals surface area contributed by atoms with E-state index < -0.39 is 12.1 Å². The number of H-pyrrole nitrogens is 1. The summed E-state index contributed by atoms with van der Waals surface area (Å²) in [5.41, 5.74) is 7.22. The summed E-state index contributed by atoms with van der Waals surface area (Å²) < 4.78 is 0. The van der Waals surface area contributed by atoms with E-state index in [0.29, 0.717) is 12.3 Å². The van der Waals surface area contributed by atoms with Crippen molar-refractivity contribution in [3.05, 3.63) is 36.0 Å². The Bertz CT molecular complexity index is 720. The molecule has 0 bridgehead atoms. The minimum atomic E-state index is -0.691. The van der Waals surface area contributed by atoms with E-state index in [9.17, 15) is 9.59 Å². The standard InChI is InChI=1S/C17H22N4O2/c1-10(11-6-7-11)20-16(22)15(21-17(18)23)8-12-9-19-14-5-3-2-4-13(12)14/h2-5,9-11,15,19H,6-8H2,1H3,(H,20,22)(H3,18,21,23)/t10-,15+/m1/s1. The van der Waals surface area contributed by atoms with E-state index in [4.69, 9.17) is 5.73 Å². The summed E-state index contributed by atoms with van der Waals surface area (Å²) in [4.78, 5) is 26.9. The number of rotatable bonds is 6. The lowest BCUT2D eigenvalue weighted by Gasteiger charge is -2.20. The number of urea groups is 1. The minimum Gasteiger partial charge on any atom is -0.361 e. The topological polar surface area (TPSA) is 100 Å². The first-order chi connectivity index (χ1) is 11.0. The Kier molecular flexibility index (Phi) is 4.23. The van der Waals surface area contributed by atoms with Gasteiger partial charge in [0.15, 0.2) is 0 Å². The lowest BCUT2D eigenvalue weighted by atomic mass is 10.0. The third-order valence-corrected chi connectivity index (χ3v) is 4.43. The number of hydrogen-bond acceptors (Lipinski definition) is 2. The average Bonchev–Trinajstić information content (AvgIpc) is 3.29. The van der Waals surface area contributed by atoms with Crippen molar-refractivity contribution < 1.29 is 9.59 Å². The number of primary amides is 1. The maximum atomic E-state index is 12.5. The van der Waals surface area contributed by atoms with Crippen molar-refractivity contribution in [2.24, 2.45) is 11.7 Å². The second-order valence-corrected chi connectivity index (χ2v) is 6.26. The van der Waals surface area contributed by atoms with E-state index >= 15 is 0 Å². The van der Waals surface area contributed by atoms with E-state index in [0.717, 1.165) is 29.3 Å². The molecular weight excluding hydrogens is 292 g/mol. The van der Waals surface area contributed by atoms with Crippen molar-refractivity contribution in [2.45, 2.75) is 38.3 Å². The summed E-state index contributed by atoms with van der Waals surface area (Å²) in [5, 5.41) is 6.60. The van der Waals surface area contributed by atoms with Gasteiger partial charge < -0.3 is 21.4 Å². The Balaban J connectivity index is 1.75. The molecule has 6 nitrogen and oxygen atoms in total. The molecule has 6 heteroatoms. The van der Waals surface area contributed by atoms with Gasteiger partial charge >= 0.3 is 6.03 Å². The Morgan fingerprint density at radius 2 is 2.04 bits per heavy atom. The number of para-hydroxylation sites is 1. The molecule has 1 saturated carbocycles. The summed E-state index contributed by atoms with van der Waals surface area (Å²) in [6.07, 6.45) is 4.57. The highest BCUT2D eigenvalue weighted by Crippen LogP contribution is 2.32. The molecule has 2 atom stereocenters. The van der Waals surface area contributed by atoms with Crippen LogP contribution in [0, 0.1) is 5.92 Å². The average molecular weight is 314 g/mol. The van der Waals surface area contributed by atoms with Gasteiger partial charge in [0, 0.05) is 29.6 Å². The van der Waals surface area contributed by atoms with E-state index in [1.807, 2.05) is 37.4 Å². The van der Waals surface area contributed by atoms with Gasteiger partial charge in [0.1, 0.15) is 6.04 Å². The van der Waals surface area contributed by atoms with Gasteiger partial charge in [0.2, 0.25) is 5.91 Å². The van der Waals surface area contributed by atoms with Crippen LogP contribution in [0.2, 0.25) is 0 Å². The van der Waals surface area contributed by atoms with Crippen molar-refractivity contribution in [2.75, 3.05) is 0 Å². The van der Waals surface area contributed by atoms with Gasteiger partial charge in [0.05, 0.1) is 0 Å². The predicted molar refractivity (Wildman–Crippen MR) is 88.8 cm³/mol. The third-order valence-electron chi connectivity index (χ3n) is 4.43. The highest BCUT2D eigenvalue weighted by molar-refractivity contribution is 5.89. The number of nitrogens with one attached hydrogen (secondary N) is 3. The van der Waals surface area contributed by atoms with Gasteiger partial charge in [-0.2, -0.15) is 0 Å². The molecule has 5 N–H and O–H groups in total. The Labute approximate surface area is 134 Å². The lowest BCUT2D eigenvalue weighted by molar-refractivity contribution is -0.123. The second-order valence-electron chi connectivity index (χ2n) is 6.26. The Morgan fingerprint density at radius 3 is 2.74 bits per heavy atom. The number of hydrogen-bond donors (Lipinski definition) is 4. The zero-order valence-corrected chi connectivity index (χ0v) is 13.1. The summed E-state index contributed by atoms with van der Waals surface area (Å²) in [7, 11) is 0. The first kappa shape index (κ1) is 15.4. The molecule has 0 aliphatic heterocycles. The van der Waals surface area contributed by atoms with Gasteiger partial charge in [-0.15, -0.1) is 0 Å². The number of carbonyl (C=O) groups excluding carboxylic acids is 2. The predicted octanol–water partition coefficient (Wildman–Crippen LogP) is 1.66. The molecule has 3 amide bonds. The molecule has 0 saturated heterocycles. The highest BCUT2D eigenvalue weighted by atomic mass is 16.2. The van der Waals surface area contributed by atoms with Crippen LogP contribution in [0.25, 0.3) is 10.9 Å². The largest absolute Gasteiger partial charge is 0.361 e. The fraction of sp³-hybridized carbons (Fsp3) is 0.412. The number of carbonyl (C=O) groups is 2. The van der Waals surface area contributed by atoms with Crippen LogP contribution < -0.4 is 16.4 Å². The summed E-state index contributed by atoms with van der Waals surface area (Å²) in [6.45, 7) is 2.00. The van der Waals surface area contributed by atoms with Crippen molar-refractivity contribution >= 4 is 22.8 Å². The Morgan fingerprint density at radius 1 is 1.30 bits per heavy atom. The quantitative estimate of drug-likeness (QED) is 0.652. The van der Waals surface area contributed by atoms with Crippen LogP contribution >= 0.6 is 0 Å². The van der Waals surface area contributed by atoms with Crippen LogP contribution in [0.1, 0.15) is 25.3 Å². The second kappa shape index (κ2) is 6.32. The van der Waals surface area contributed by atoms with Crippen LogP contribution in [0.5, 0.6) is 0 Å². The third kappa shape index (κ3) is 3.64. The highest BCUT2D eigenvalue weighted by Gasteiger charge is 2.31. The van der Waals surface area contributed by atoms with Gasteiger partial charge in [0.25, 0.3) is 0 Å². The molecule has 122 valence electrons. The maximum absolute atomic E-state index is 12.5. The normalized spacial score (nSPS) is 16.7.